The largest absolute Gasteiger partial charge is 0.453 e. The zero-order valence-corrected chi connectivity index (χ0v) is 58.3. The molecule has 0 aliphatic carbocycles. The first-order valence-electron chi connectivity index (χ1n) is 23.2. The normalized spacial score (nSPS) is 12.8. The minimum Gasteiger partial charge on any atom is -0.289 e. The molecule has 113 heavy (non-hydrogen) atoms. The molecule has 0 fully saturated rings. The van der Waals surface area contributed by atoms with Crippen LogP contribution in [-0.4, -0.2) is 250 Å². The van der Waals surface area contributed by atoms with Crippen LogP contribution in [0.4, 0.5) is 208 Å². The van der Waals surface area contributed by atoms with E-state index in [1.54, 1.807) is 0 Å². The fourth-order valence-electron chi connectivity index (χ4n) is 1.85. The second kappa shape index (κ2) is 61.1. The predicted octanol–water partition coefficient (Wildman–Crippen LogP) is 16.2. The smallest absolute Gasteiger partial charge is 0.289 e. The molecule has 708 valence electrons. The molecule has 0 saturated heterocycles. The minimum absolute atomic E-state index is 0.0529. The molecule has 0 radical (unpaired) electrons. The summed E-state index contributed by atoms with van der Waals surface area (Å²) in [6.45, 7) is -17.6. The minimum atomic E-state index is -6.30. The third kappa shape index (κ3) is 143. The fourth-order valence-corrected chi connectivity index (χ4v) is 1.85. The SMILES string of the molecule is CC(F)(F)C(F)(F)OCF.CC(F)(F)OCF.CC(F)(F)OCF.CCF.CCF.CCF.FCC(F)(F)OC(F)(F)C(F)(F)CF.FCC(F)(F)OC(F)(F)C(F)(F)OC(F)(F)CF.FCC(F)(F)OC(F)(F)C(F)(F)OC(F)(F)CF.O=S(=O)(O)F.O=S(=O)(O)F.O=S(=O)(O)F.O=S(=O)(O)F.O=S(=O)(O)F.O=S(=O)(O)F. The Morgan fingerprint density at radius 2 is 0.345 bits per heavy atom. The first-order valence-corrected chi connectivity index (χ1v) is 31.2. The molecule has 0 amide bonds. The molecule has 0 aliphatic rings. The summed E-state index contributed by atoms with van der Waals surface area (Å²) in [6.07, 6.45) is -68.9. The van der Waals surface area contributed by atoms with Crippen LogP contribution >= 0.6 is 0 Å². The van der Waals surface area contributed by atoms with E-state index in [9.17, 15) is 208 Å². The Bertz CT molecular complexity index is 2610. The van der Waals surface area contributed by atoms with Gasteiger partial charge >= 0.3 is 154 Å². The second-order valence-corrected chi connectivity index (χ2v) is 19.8. The number of ether oxygens (including phenoxy) is 8. The van der Waals surface area contributed by atoms with Crippen LogP contribution in [0.2, 0.25) is 0 Å². The molecule has 0 rings (SSSR count). The molecule has 0 aromatic heterocycles. The number of hydrogen-bond donors (Lipinski definition) is 6. The van der Waals surface area contributed by atoms with Crippen molar-refractivity contribution in [1.29, 1.82) is 0 Å². The van der Waals surface area contributed by atoms with Crippen molar-refractivity contribution >= 4 is 63.0 Å². The lowest BCUT2D eigenvalue weighted by molar-refractivity contribution is -0.513. The van der Waals surface area contributed by atoms with E-state index in [1.165, 1.54) is 20.8 Å². The van der Waals surface area contributed by atoms with Crippen LogP contribution in [0.5, 0.6) is 0 Å². The Hall–Kier alpha value is -4.22. The van der Waals surface area contributed by atoms with Crippen LogP contribution in [0.1, 0.15) is 41.5 Å². The van der Waals surface area contributed by atoms with Crippen molar-refractivity contribution in [3.8, 4) is 0 Å². The lowest BCUT2D eigenvalue weighted by atomic mass is 10.3. The molecular weight excluding hydrogens is 1920 g/mol. The molecule has 0 heterocycles. The lowest BCUT2D eigenvalue weighted by Gasteiger charge is -2.29. The second-order valence-electron chi connectivity index (χ2n) is 14.8. The monoisotopic (exact) mass is 1960 g/mol. The van der Waals surface area contributed by atoms with Gasteiger partial charge in [0.15, 0.2) is 60.6 Å². The molecule has 0 aromatic rings. The zero-order valence-electron chi connectivity index (χ0n) is 53.4. The van der Waals surface area contributed by atoms with Crippen molar-refractivity contribution in [3.05, 3.63) is 0 Å². The van der Waals surface area contributed by atoms with Gasteiger partial charge in [-0.05, 0) is 20.8 Å². The molecule has 0 aliphatic heterocycles. The first kappa shape index (κ1) is 144. The molecule has 0 unspecified atom stereocenters. The zero-order chi connectivity index (χ0) is 96.6. The van der Waals surface area contributed by atoms with Crippen molar-refractivity contribution in [2.45, 2.75) is 133 Å². The highest BCUT2D eigenvalue weighted by molar-refractivity contribution is 7.81. The standard InChI is InChI=1S/2C6H4F10O2.C5H4F8O.C4H5F5O.2C3H5F3O.3C2H5F.6FHO3S/c2*7-1-3(9,10)17-5(13,14)6(15,16)18-4(11,12)2-8;6-1-3(8,9)5(12,13)14-4(10,11)2-7;1-3(6,7)4(8,9)10-2-5;2*1-3(5,6)7-2-4;3*1-2-3;6*1-5(2,3)4/h2*1-2H2;1-2H2;2H2,1H3;2*2H2,1H3;3*2H2,1H3;6*(H,2,3,4). The maximum atomic E-state index is 12.4. The molecule has 0 spiro atoms. The average Bonchev–Trinajstić information content (AvgIpc) is 0.802. The van der Waals surface area contributed by atoms with Gasteiger partial charge in [0.2, 0.25) is 0 Å². The third-order valence-electron chi connectivity index (χ3n) is 4.80. The number of halogens is 48. The van der Waals surface area contributed by atoms with E-state index in [4.69, 9.17) is 77.8 Å². The van der Waals surface area contributed by atoms with Crippen LogP contribution < -0.4 is 0 Å². The van der Waals surface area contributed by atoms with Crippen LogP contribution in [0.15, 0.2) is 0 Å². The molecule has 0 aromatic carbocycles. The first-order chi connectivity index (χ1) is 48.3. The highest BCUT2D eigenvalue weighted by Crippen LogP contribution is 2.45. The van der Waals surface area contributed by atoms with Crippen LogP contribution in [0, 0.1) is 0 Å². The summed E-state index contributed by atoms with van der Waals surface area (Å²) in [6, 6.07) is 0. The van der Waals surface area contributed by atoms with E-state index in [1.807, 2.05) is 0 Å². The predicted molar refractivity (Wildman–Crippen MR) is 265 cm³/mol. The van der Waals surface area contributed by atoms with Gasteiger partial charge in [0.05, 0.1) is 20.0 Å². The maximum absolute atomic E-state index is 12.4. The summed E-state index contributed by atoms with van der Waals surface area (Å²) in [7, 11) is -31.0. The van der Waals surface area contributed by atoms with Gasteiger partial charge < -0.3 is 0 Å². The summed E-state index contributed by atoms with van der Waals surface area (Å²) in [5.41, 5.74) is 0. The van der Waals surface area contributed by atoms with Crippen LogP contribution in [0.3, 0.4) is 0 Å². The number of alkyl halides is 42. The summed E-state index contributed by atoms with van der Waals surface area (Å²) in [5.74, 6) is -9.77. The Kier molecular flexibility index (Phi) is 77.7. The average molecular weight is 1970 g/mol. The van der Waals surface area contributed by atoms with E-state index in [0.717, 1.165) is 0 Å². The van der Waals surface area contributed by atoms with Gasteiger partial charge in [-0.25, -0.2) is 63.2 Å². The van der Waals surface area contributed by atoms with Crippen molar-refractivity contribution in [1.82, 2.24) is 0 Å². The van der Waals surface area contributed by atoms with Gasteiger partial charge in [0.25, 0.3) is 0 Å². The van der Waals surface area contributed by atoms with Crippen molar-refractivity contribution in [3.63, 3.8) is 0 Å². The number of rotatable bonds is 26. The highest BCUT2D eigenvalue weighted by atomic mass is 32.3. The van der Waals surface area contributed by atoms with Crippen LogP contribution in [-0.2, 0) is 101 Å². The Labute approximate surface area is 599 Å². The number of hydrogen-bond acceptors (Lipinski definition) is 20. The van der Waals surface area contributed by atoms with Gasteiger partial charge in [-0.2, -0.15) is 182 Å². The van der Waals surface area contributed by atoms with E-state index in [0.29, 0.717) is 13.8 Å². The van der Waals surface area contributed by atoms with Gasteiger partial charge in [-0.15, -0.1) is 0 Å². The van der Waals surface area contributed by atoms with Gasteiger partial charge in [-0.1, -0.05) is 23.3 Å². The fraction of sp³-hybridized carbons (Fsp3) is 1.00. The van der Waals surface area contributed by atoms with E-state index >= 15 is 0 Å². The molecule has 0 atom stereocenters. The molecule has 80 heteroatoms. The van der Waals surface area contributed by atoms with E-state index in [2.05, 4.69) is 37.9 Å². The van der Waals surface area contributed by atoms with Crippen molar-refractivity contribution in [2.75, 3.05) is 80.7 Å². The summed E-state index contributed by atoms with van der Waals surface area (Å²) in [4.78, 5) is 0. The summed E-state index contributed by atoms with van der Waals surface area (Å²) >= 11 is 0. The molecule has 26 nitrogen and oxygen atoms in total. The van der Waals surface area contributed by atoms with Crippen molar-refractivity contribution < 1.29 is 323 Å². The topological polar surface area (TPSA) is 400 Å². The third-order valence-corrected chi connectivity index (χ3v) is 4.80. The maximum Gasteiger partial charge on any atom is 0.453 e. The van der Waals surface area contributed by atoms with Gasteiger partial charge in [0.1, 0.15) is 0 Å². The Morgan fingerprint density at radius 3 is 0.407 bits per heavy atom. The Morgan fingerprint density at radius 1 is 0.230 bits per heavy atom. The van der Waals surface area contributed by atoms with Crippen molar-refractivity contribution in [2.24, 2.45) is 0 Å². The molecule has 0 bridgehead atoms. The van der Waals surface area contributed by atoms with E-state index < -0.39 is 215 Å². The molecule has 6 N–H and O–H groups in total. The Balaban J connectivity index is -0.0000000729. The molecule has 0 saturated carbocycles. The van der Waals surface area contributed by atoms with E-state index in [-0.39, 0.29) is 26.9 Å². The quantitative estimate of drug-likeness (QED) is 0.0266. The van der Waals surface area contributed by atoms with Gasteiger partial charge in [-0.3, -0.25) is 54.7 Å². The van der Waals surface area contributed by atoms with Gasteiger partial charge in [0, 0.05) is 20.8 Å². The summed E-state index contributed by atoms with van der Waals surface area (Å²) < 4.78 is 713. The lowest BCUT2D eigenvalue weighted by Crippen LogP contribution is -2.52. The summed E-state index contributed by atoms with van der Waals surface area (Å²) in [5, 5.41) is 0. The van der Waals surface area contributed by atoms with Crippen LogP contribution in [0.25, 0.3) is 0 Å². The highest BCUT2D eigenvalue weighted by Gasteiger charge is 2.69. The molecular formula is C33H48F48O26S6.